The first kappa shape index (κ1) is 19.8. The molecule has 0 spiro atoms. The zero-order chi connectivity index (χ0) is 21.3. The number of hydrogen-bond donors (Lipinski definition) is 0. The van der Waals surface area contributed by atoms with Gasteiger partial charge in [0.2, 0.25) is 5.78 Å². The van der Waals surface area contributed by atoms with Crippen LogP contribution in [0.15, 0.2) is 72.9 Å². The van der Waals surface area contributed by atoms with Crippen LogP contribution in [0.1, 0.15) is 44.0 Å². The van der Waals surface area contributed by atoms with E-state index in [0.29, 0.717) is 17.9 Å². The second-order valence-corrected chi connectivity index (χ2v) is 8.12. The SMILES string of the molecule is Cc1cc(C)cc(C(=O)c2ncc(-c3cc(C)cc(C)c3)n2Cc2ccccc2)c1. The molecule has 3 heteroatoms. The van der Waals surface area contributed by atoms with Crippen LogP contribution in [-0.4, -0.2) is 15.3 Å². The third kappa shape index (κ3) is 4.11. The van der Waals surface area contributed by atoms with Gasteiger partial charge in [-0.1, -0.05) is 64.7 Å². The van der Waals surface area contributed by atoms with Crippen molar-refractivity contribution < 1.29 is 4.79 Å². The van der Waals surface area contributed by atoms with Gasteiger partial charge in [0.15, 0.2) is 5.82 Å². The van der Waals surface area contributed by atoms with Gasteiger partial charge in [0.25, 0.3) is 0 Å². The molecular formula is C27H26N2O. The van der Waals surface area contributed by atoms with Crippen molar-refractivity contribution in [2.75, 3.05) is 0 Å². The van der Waals surface area contributed by atoms with Crippen molar-refractivity contribution in [3.63, 3.8) is 0 Å². The van der Waals surface area contributed by atoms with E-state index in [0.717, 1.165) is 27.9 Å². The van der Waals surface area contributed by atoms with Gasteiger partial charge >= 0.3 is 0 Å². The van der Waals surface area contributed by atoms with Gasteiger partial charge in [-0.15, -0.1) is 0 Å². The van der Waals surface area contributed by atoms with Crippen LogP contribution in [0.5, 0.6) is 0 Å². The molecule has 0 saturated carbocycles. The summed E-state index contributed by atoms with van der Waals surface area (Å²) in [5.41, 5.74) is 8.39. The highest BCUT2D eigenvalue weighted by Crippen LogP contribution is 2.26. The van der Waals surface area contributed by atoms with Gasteiger partial charge in [-0.2, -0.15) is 0 Å². The Labute approximate surface area is 178 Å². The monoisotopic (exact) mass is 394 g/mol. The fraction of sp³-hybridized carbons (Fsp3) is 0.185. The number of hydrogen-bond acceptors (Lipinski definition) is 2. The lowest BCUT2D eigenvalue weighted by atomic mass is 10.0. The Balaban J connectivity index is 1.86. The van der Waals surface area contributed by atoms with Gasteiger partial charge < -0.3 is 4.57 Å². The van der Waals surface area contributed by atoms with E-state index in [9.17, 15) is 4.79 Å². The van der Waals surface area contributed by atoms with Crippen molar-refractivity contribution in [3.05, 3.63) is 112 Å². The number of benzene rings is 3. The van der Waals surface area contributed by atoms with E-state index in [1.165, 1.54) is 11.1 Å². The van der Waals surface area contributed by atoms with E-state index in [-0.39, 0.29) is 5.78 Å². The summed E-state index contributed by atoms with van der Waals surface area (Å²) >= 11 is 0. The van der Waals surface area contributed by atoms with Crippen molar-refractivity contribution >= 4 is 5.78 Å². The van der Waals surface area contributed by atoms with Crippen LogP contribution in [0.3, 0.4) is 0 Å². The lowest BCUT2D eigenvalue weighted by Crippen LogP contribution is -2.14. The molecule has 1 heterocycles. The largest absolute Gasteiger partial charge is 0.317 e. The predicted molar refractivity (Wildman–Crippen MR) is 122 cm³/mol. The lowest BCUT2D eigenvalue weighted by Gasteiger charge is -2.13. The molecular weight excluding hydrogens is 368 g/mol. The quantitative estimate of drug-likeness (QED) is 0.385. The molecule has 3 aromatic carbocycles. The number of carbonyl (C=O) groups is 1. The second-order valence-electron chi connectivity index (χ2n) is 8.12. The molecule has 150 valence electrons. The van der Waals surface area contributed by atoms with Gasteiger partial charge in [-0.25, -0.2) is 4.98 Å². The third-order valence-electron chi connectivity index (χ3n) is 5.24. The molecule has 0 fully saturated rings. The highest BCUT2D eigenvalue weighted by atomic mass is 16.1. The molecule has 30 heavy (non-hydrogen) atoms. The van der Waals surface area contributed by atoms with E-state index in [2.05, 4.69) is 55.2 Å². The number of ketones is 1. The second kappa shape index (κ2) is 8.11. The lowest BCUT2D eigenvalue weighted by molar-refractivity contribution is 0.102. The normalized spacial score (nSPS) is 10.9. The first-order valence-electron chi connectivity index (χ1n) is 10.2. The first-order chi connectivity index (χ1) is 14.4. The molecule has 0 aliphatic carbocycles. The average Bonchev–Trinajstić information content (AvgIpc) is 3.10. The standard InChI is InChI=1S/C27H26N2O/c1-18-10-19(2)13-23(12-18)25-16-28-27(29(25)17-22-8-6-5-7-9-22)26(30)24-14-20(3)11-21(4)15-24/h5-16H,17H2,1-4H3. The topological polar surface area (TPSA) is 34.9 Å². The number of imidazole rings is 1. The maximum Gasteiger partial charge on any atom is 0.228 e. The Morgan fingerprint density at radius 1 is 0.800 bits per heavy atom. The Bertz CT molecular complexity index is 1180. The van der Waals surface area contributed by atoms with Crippen molar-refractivity contribution in [3.8, 4) is 11.3 Å². The Morgan fingerprint density at radius 2 is 1.37 bits per heavy atom. The average molecular weight is 395 g/mol. The zero-order valence-electron chi connectivity index (χ0n) is 17.9. The molecule has 0 radical (unpaired) electrons. The predicted octanol–water partition coefficient (Wildman–Crippen LogP) is 6.06. The maximum atomic E-state index is 13.5. The summed E-state index contributed by atoms with van der Waals surface area (Å²) in [6.45, 7) is 8.81. The van der Waals surface area contributed by atoms with Crippen LogP contribution in [0.4, 0.5) is 0 Å². The number of aromatic nitrogens is 2. The Morgan fingerprint density at radius 3 is 1.97 bits per heavy atom. The van der Waals surface area contributed by atoms with Crippen LogP contribution in [-0.2, 0) is 6.54 Å². The highest BCUT2D eigenvalue weighted by molar-refractivity contribution is 6.07. The molecule has 0 saturated heterocycles. The summed E-state index contributed by atoms with van der Waals surface area (Å²) < 4.78 is 2.05. The summed E-state index contributed by atoms with van der Waals surface area (Å²) in [5, 5.41) is 0. The molecule has 0 N–H and O–H groups in total. The minimum atomic E-state index is -0.0478. The van der Waals surface area contributed by atoms with E-state index in [4.69, 9.17) is 0 Å². The summed E-state index contributed by atoms with van der Waals surface area (Å²) in [5.74, 6) is 0.423. The van der Waals surface area contributed by atoms with Crippen molar-refractivity contribution in [1.82, 2.24) is 9.55 Å². The molecule has 4 aromatic rings. The first-order valence-corrected chi connectivity index (χ1v) is 10.2. The summed E-state index contributed by atoms with van der Waals surface area (Å²) in [6, 6.07) is 22.6. The van der Waals surface area contributed by atoms with Crippen LogP contribution in [0.25, 0.3) is 11.3 Å². The van der Waals surface area contributed by atoms with Gasteiger partial charge in [0.05, 0.1) is 11.9 Å². The number of aryl methyl sites for hydroxylation is 4. The van der Waals surface area contributed by atoms with Gasteiger partial charge in [-0.05, 0) is 57.5 Å². The van der Waals surface area contributed by atoms with Crippen molar-refractivity contribution in [1.29, 1.82) is 0 Å². The van der Waals surface area contributed by atoms with E-state index >= 15 is 0 Å². The summed E-state index contributed by atoms with van der Waals surface area (Å²) in [6.07, 6.45) is 1.83. The van der Waals surface area contributed by atoms with Crippen LogP contribution >= 0.6 is 0 Å². The Kier molecular flexibility index (Phi) is 5.37. The third-order valence-corrected chi connectivity index (χ3v) is 5.24. The molecule has 0 atom stereocenters. The molecule has 0 amide bonds. The molecule has 1 aromatic heterocycles. The van der Waals surface area contributed by atoms with E-state index in [1.54, 1.807) is 0 Å². The zero-order valence-corrected chi connectivity index (χ0v) is 17.9. The van der Waals surface area contributed by atoms with Crippen LogP contribution in [0, 0.1) is 27.7 Å². The maximum absolute atomic E-state index is 13.5. The fourth-order valence-electron chi connectivity index (χ4n) is 4.07. The summed E-state index contributed by atoms with van der Waals surface area (Å²) in [4.78, 5) is 18.1. The molecule has 0 unspecified atom stereocenters. The highest BCUT2D eigenvalue weighted by Gasteiger charge is 2.20. The number of nitrogens with zero attached hydrogens (tertiary/aromatic N) is 2. The van der Waals surface area contributed by atoms with Crippen LogP contribution < -0.4 is 0 Å². The molecule has 0 aliphatic heterocycles. The number of carbonyl (C=O) groups excluding carboxylic acids is 1. The molecule has 4 rings (SSSR count). The minimum Gasteiger partial charge on any atom is -0.317 e. The van der Waals surface area contributed by atoms with Crippen molar-refractivity contribution in [2.24, 2.45) is 0 Å². The summed E-state index contributed by atoms with van der Waals surface area (Å²) in [7, 11) is 0. The molecule has 0 bridgehead atoms. The Hall–Kier alpha value is -3.46. The fourth-order valence-corrected chi connectivity index (χ4v) is 4.07. The molecule has 3 nitrogen and oxygen atoms in total. The molecule has 0 aliphatic rings. The number of rotatable bonds is 5. The van der Waals surface area contributed by atoms with Crippen molar-refractivity contribution in [2.45, 2.75) is 34.2 Å². The smallest absolute Gasteiger partial charge is 0.228 e. The minimum absolute atomic E-state index is 0.0478. The van der Waals surface area contributed by atoms with E-state index < -0.39 is 0 Å². The van der Waals surface area contributed by atoms with Gasteiger partial charge in [0, 0.05) is 17.7 Å². The van der Waals surface area contributed by atoms with Gasteiger partial charge in [-0.3, -0.25) is 4.79 Å². The van der Waals surface area contributed by atoms with E-state index in [1.807, 2.05) is 54.9 Å². The van der Waals surface area contributed by atoms with Crippen LogP contribution in [0.2, 0.25) is 0 Å². The van der Waals surface area contributed by atoms with Gasteiger partial charge in [0.1, 0.15) is 0 Å².